The Morgan fingerprint density at radius 1 is 0.974 bits per heavy atom. The molecule has 39 heavy (non-hydrogen) atoms. The summed E-state index contributed by atoms with van der Waals surface area (Å²) in [5.41, 5.74) is 3.12. The molecule has 0 radical (unpaired) electrons. The van der Waals surface area contributed by atoms with E-state index in [2.05, 4.69) is 5.32 Å². The largest absolute Gasteiger partial charge is 0.497 e. The van der Waals surface area contributed by atoms with Crippen LogP contribution in [-0.4, -0.2) is 56.3 Å². The fraction of sp³-hybridized carbons (Fsp3) is 0.172. The molecule has 200 valence electrons. The summed E-state index contributed by atoms with van der Waals surface area (Å²) in [5.74, 6) is -0.273. The van der Waals surface area contributed by atoms with Crippen molar-refractivity contribution in [1.29, 1.82) is 0 Å². The molecule has 0 unspecified atom stereocenters. The minimum atomic E-state index is -3.84. The van der Waals surface area contributed by atoms with Crippen molar-refractivity contribution < 1.29 is 22.7 Å². The summed E-state index contributed by atoms with van der Waals surface area (Å²) in [6, 6.07) is 21.2. The van der Waals surface area contributed by atoms with Crippen LogP contribution in [0.4, 0.5) is 5.69 Å². The number of carbonyl (C=O) groups is 2. The second kappa shape index (κ2) is 10.4. The number of anilines is 1. The summed E-state index contributed by atoms with van der Waals surface area (Å²) in [7, 11) is 0.602. The number of rotatable bonds is 7. The average Bonchev–Trinajstić information content (AvgIpc) is 3.54. The Balaban J connectivity index is 1.61. The van der Waals surface area contributed by atoms with E-state index in [1.165, 1.54) is 37.5 Å². The van der Waals surface area contributed by atoms with E-state index in [-0.39, 0.29) is 5.70 Å². The zero-order chi connectivity index (χ0) is 27.7. The second-order valence-corrected chi connectivity index (χ2v) is 11.3. The van der Waals surface area contributed by atoms with Gasteiger partial charge in [0.25, 0.3) is 11.8 Å². The standard InChI is InChI=1S/C29H28N4O5S/c1-31(2)39(36,37)33-19-22(24-9-5-7-11-27(24)33)18-25(30-28(34)21-12-14-23(38-3)15-13-21)29(35)32-17-16-20-8-4-6-10-26(20)32/h4-15,18-19H,16-17H2,1-3H3,(H,30,34). The van der Waals surface area contributed by atoms with Gasteiger partial charge in [-0.25, -0.2) is 3.97 Å². The molecule has 2 heterocycles. The molecule has 3 aromatic carbocycles. The Labute approximate surface area is 227 Å². The lowest BCUT2D eigenvalue weighted by Gasteiger charge is -2.20. The first-order valence-corrected chi connectivity index (χ1v) is 13.7. The summed E-state index contributed by atoms with van der Waals surface area (Å²) in [6.07, 6.45) is 3.70. The molecule has 9 nitrogen and oxygen atoms in total. The van der Waals surface area contributed by atoms with E-state index < -0.39 is 22.0 Å². The number of nitrogens with one attached hydrogen (secondary N) is 1. The summed E-state index contributed by atoms with van der Waals surface area (Å²) in [4.78, 5) is 28.8. The van der Waals surface area contributed by atoms with Crippen LogP contribution in [-0.2, 0) is 21.4 Å². The smallest absolute Gasteiger partial charge is 0.307 e. The SMILES string of the molecule is COc1ccc(C(=O)NC(=Cc2cn(S(=O)(=O)N(C)C)c3ccccc23)C(=O)N2CCc3ccccc32)cc1. The highest BCUT2D eigenvalue weighted by molar-refractivity contribution is 7.87. The molecule has 0 fully saturated rings. The lowest BCUT2D eigenvalue weighted by molar-refractivity contribution is -0.115. The van der Waals surface area contributed by atoms with Crippen molar-refractivity contribution in [2.75, 3.05) is 32.6 Å². The quantitative estimate of drug-likeness (QED) is 0.358. The van der Waals surface area contributed by atoms with E-state index in [9.17, 15) is 18.0 Å². The van der Waals surface area contributed by atoms with Gasteiger partial charge >= 0.3 is 10.2 Å². The molecule has 1 aliphatic heterocycles. The number of para-hydroxylation sites is 2. The molecule has 5 rings (SSSR count). The van der Waals surface area contributed by atoms with Crippen molar-refractivity contribution in [2.45, 2.75) is 6.42 Å². The molecular formula is C29H28N4O5S. The topological polar surface area (TPSA) is 101 Å². The van der Waals surface area contributed by atoms with Crippen LogP contribution in [0.25, 0.3) is 17.0 Å². The monoisotopic (exact) mass is 544 g/mol. The van der Waals surface area contributed by atoms with Gasteiger partial charge in [0.1, 0.15) is 11.4 Å². The van der Waals surface area contributed by atoms with E-state index in [0.717, 1.165) is 15.6 Å². The number of benzene rings is 3. The van der Waals surface area contributed by atoms with E-state index in [1.807, 2.05) is 24.3 Å². The van der Waals surface area contributed by atoms with Crippen LogP contribution in [0.15, 0.2) is 84.7 Å². The minimum absolute atomic E-state index is 0.0256. The van der Waals surface area contributed by atoms with Gasteiger partial charge in [0.15, 0.2) is 0 Å². The Morgan fingerprint density at radius 3 is 2.38 bits per heavy atom. The zero-order valence-corrected chi connectivity index (χ0v) is 22.6. The molecule has 4 aromatic rings. The third-order valence-electron chi connectivity index (χ3n) is 6.68. The molecule has 0 atom stereocenters. The molecular weight excluding hydrogens is 516 g/mol. The number of ether oxygens (including phenoxy) is 1. The Bertz CT molecular complexity index is 1710. The van der Waals surface area contributed by atoms with Gasteiger partial charge < -0.3 is 15.0 Å². The van der Waals surface area contributed by atoms with Crippen LogP contribution in [0.3, 0.4) is 0 Å². The number of aromatic nitrogens is 1. The molecule has 1 aliphatic rings. The number of carbonyl (C=O) groups excluding carboxylic acids is 2. The van der Waals surface area contributed by atoms with Crippen LogP contribution in [0.1, 0.15) is 21.5 Å². The Hall–Kier alpha value is -4.41. The third kappa shape index (κ3) is 4.91. The highest BCUT2D eigenvalue weighted by Crippen LogP contribution is 2.30. The predicted octanol–water partition coefficient (Wildman–Crippen LogP) is 3.66. The van der Waals surface area contributed by atoms with Crippen molar-refractivity contribution >= 4 is 44.7 Å². The summed E-state index contributed by atoms with van der Waals surface area (Å²) < 4.78 is 33.6. The molecule has 0 spiro atoms. The van der Waals surface area contributed by atoms with Crippen LogP contribution in [0.5, 0.6) is 5.75 Å². The fourth-order valence-electron chi connectivity index (χ4n) is 4.60. The first kappa shape index (κ1) is 26.2. The van der Waals surface area contributed by atoms with Gasteiger partial charge in [-0.1, -0.05) is 36.4 Å². The van der Waals surface area contributed by atoms with Gasteiger partial charge in [-0.3, -0.25) is 9.59 Å². The van der Waals surface area contributed by atoms with Crippen LogP contribution in [0.2, 0.25) is 0 Å². The lowest BCUT2D eigenvalue weighted by atomic mass is 10.1. The molecule has 10 heteroatoms. The van der Waals surface area contributed by atoms with Gasteiger partial charge in [-0.05, 0) is 54.5 Å². The number of nitrogens with zero attached hydrogens (tertiary/aromatic N) is 3. The minimum Gasteiger partial charge on any atom is -0.497 e. The van der Waals surface area contributed by atoms with Crippen LogP contribution < -0.4 is 15.0 Å². The second-order valence-electron chi connectivity index (χ2n) is 9.26. The maximum Gasteiger partial charge on any atom is 0.307 e. The predicted molar refractivity (Wildman–Crippen MR) is 151 cm³/mol. The third-order valence-corrected chi connectivity index (χ3v) is 8.40. The fourth-order valence-corrected chi connectivity index (χ4v) is 5.60. The van der Waals surface area contributed by atoms with Gasteiger partial charge in [-0.15, -0.1) is 0 Å². The van der Waals surface area contributed by atoms with Gasteiger partial charge in [-0.2, -0.15) is 12.7 Å². The van der Waals surface area contributed by atoms with E-state index in [1.54, 1.807) is 53.4 Å². The maximum atomic E-state index is 13.9. The molecule has 0 bridgehead atoms. The normalized spacial score (nSPS) is 13.5. The molecule has 1 aromatic heterocycles. The number of methoxy groups -OCH3 is 1. The first-order valence-electron chi connectivity index (χ1n) is 12.3. The first-order chi connectivity index (χ1) is 18.7. The van der Waals surface area contributed by atoms with Crippen molar-refractivity contribution in [1.82, 2.24) is 13.6 Å². The van der Waals surface area contributed by atoms with Gasteiger partial charge in [0.2, 0.25) is 0 Å². The number of hydrogen-bond donors (Lipinski definition) is 1. The maximum absolute atomic E-state index is 13.9. The van der Waals surface area contributed by atoms with Gasteiger partial charge in [0.05, 0.1) is 12.6 Å². The Morgan fingerprint density at radius 2 is 1.67 bits per heavy atom. The zero-order valence-electron chi connectivity index (χ0n) is 21.8. The summed E-state index contributed by atoms with van der Waals surface area (Å²) >= 11 is 0. The summed E-state index contributed by atoms with van der Waals surface area (Å²) in [6.45, 7) is 0.463. The Kier molecular flexibility index (Phi) is 6.98. The molecule has 0 saturated carbocycles. The van der Waals surface area contributed by atoms with Crippen LogP contribution >= 0.6 is 0 Å². The number of amides is 2. The van der Waals surface area contributed by atoms with Crippen molar-refractivity contribution in [3.8, 4) is 5.75 Å². The molecule has 0 aliphatic carbocycles. The molecule has 2 amide bonds. The highest BCUT2D eigenvalue weighted by atomic mass is 32.2. The molecule has 0 saturated heterocycles. The highest BCUT2D eigenvalue weighted by Gasteiger charge is 2.28. The van der Waals surface area contributed by atoms with Crippen molar-refractivity contribution in [2.24, 2.45) is 0 Å². The number of fused-ring (bicyclic) bond motifs is 2. The van der Waals surface area contributed by atoms with Crippen molar-refractivity contribution in [3.63, 3.8) is 0 Å². The summed E-state index contributed by atoms with van der Waals surface area (Å²) in [5, 5.41) is 3.40. The van der Waals surface area contributed by atoms with E-state index >= 15 is 0 Å². The van der Waals surface area contributed by atoms with Gasteiger partial charge in [0, 0.05) is 49.0 Å². The lowest BCUT2D eigenvalue weighted by Crippen LogP contribution is -2.37. The number of hydrogen-bond acceptors (Lipinski definition) is 5. The average molecular weight is 545 g/mol. The van der Waals surface area contributed by atoms with E-state index in [0.29, 0.717) is 40.7 Å². The molecule has 1 N–H and O–H groups in total. The van der Waals surface area contributed by atoms with Crippen LogP contribution in [0, 0.1) is 0 Å². The van der Waals surface area contributed by atoms with E-state index in [4.69, 9.17) is 4.74 Å². The van der Waals surface area contributed by atoms with Crippen molar-refractivity contribution in [3.05, 3.63) is 101 Å².